The average Bonchev–Trinajstić information content (AvgIpc) is 3.30. The Morgan fingerprint density at radius 1 is 1.15 bits per heavy atom. The Morgan fingerprint density at radius 3 is 2.42 bits per heavy atom. The number of quaternary nitrogens is 1. The van der Waals surface area contributed by atoms with Crippen LogP contribution >= 0.6 is 24.4 Å². The molecule has 1 fully saturated rings. The summed E-state index contributed by atoms with van der Waals surface area (Å²) < 4.78 is 3.54. The topological polar surface area (TPSA) is 88.7 Å². The van der Waals surface area contributed by atoms with Gasteiger partial charge in [0, 0.05) is 42.2 Å². The molecule has 2 atom stereocenters. The zero-order valence-electron chi connectivity index (χ0n) is 19.2. The number of nitrogens with one attached hydrogen (secondary N) is 3. The van der Waals surface area contributed by atoms with Crippen LogP contribution in [0.4, 0.5) is 11.4 Å². The van der Waals surface area contributed by atoms with Crippen LogP contribution in [0.25, 0.3) is 5.69 Å². The first kappa shape index (κ1) is 25.9. The van der Waals surface area contributed by atoms with Crippen molar-refractivity contribution >= 4 is 41.8 Å². The third kappa shape index (κ3) is 5.50. The number of para-hydroxylation sites is 1. The van der Waals surface area contributed by atoms with Crippen molar-refractivity contribution in [2.24, 2.45) is 0 Å². The summed E-state index contributed by atoms with van der Waals surface area (Å²) in [7, 11) is 0. The molecule has 1 aliphatic heterocycles. The molecule has 2 aromatic carbocycles. The van der Waals surface area contributed by atoms with Crippen LogP contribution in [0.5, 0.6) is 0 Å². The largest absolute Gasteiger partial charge is 1.00 e. The van der Waals surface area contributed by atoms with Crippen molar-refractivity contribution in [3.8, 4) is 5.69 Å². The smallest absolute Gasteiger partial charge is 0.550 e. The summed E-state index contributed by atoms with van der Waals surface area (Å²) in [5.41, 5.74) is 5.56. The van der Waals surface area contributed by atoms with Gasteiger partial charge < -0.3 is 15.2 Å². The predicted molar refractivity (Wildman–Crippen MR) is 130 cm³/mol. The van der Waals surface area contributed by atoms with Gasteiger partial charge in [0.05, 0.1) is 12.2 Å². The van der Waals surface area contributed by atoms with Crippen LogP contribution in [0, 0.1) is 23.4 Å². The molecule has 33 heavy (non-hydrogen) atoms. The normalized spacial score (nSPS) is 19.0. The maximum absolute atomic E-state index is 11.3. The number of aromatic nitrogens is 3. The minimum atomic E-state index is -0.974. The summed E-state index contributed by atoms with van der Waals surface area (Å²) in [5, 5.41) is 20.5. The minimum Gasteiger partial charge on any atom is -0.550 e. The van der Waals surface area contributed by atoms with Gasteiger partial charge in [-0.15, -0.1) is 0 Å². The van der Waals surface area contributed by atoms with Crippen LogP contribution < -0.4 is 44.5 Å². The number of hydrogen-bond acceptors (Lipinski definition) is 5. The molecular weight excluding hydrogens is 465 g/mol. The van der Waals surface area contributed by atoms with E-state index >= 15 is 0 Å². The fourth-order valence-corrected chi connectivity index (χ4v) is 5.38. The van der Waals surface area contributed by atoms with Gasteiger partial charge in [-0.3, -0.25) is 19.2 Å². The van der Waals surface area contributed by atoms with Gasteiger partial charge in [0.25, 0.3) is 0 Å². The molecule has 0 amide bonds. The second-order valence-corrected chi connectivity index (χ2v) is 9.21. The summed E-state index contributed by atoms with van der Waals surface area (Å²) in [5.74, 6) is -0.974. The number of aryl methyl sites for hydroxylation is 2. The van der Waals surface area contributed by atoms with Crippen molar-refractivity contribution in [3.63, 3.8) is 0 Å². The van der Waals surface area contributed by atoms with Crippen molar-refractivity contribution in [3.05, 3.63) is 63.1 Å². The van der Waals surface area contributed by atoms with E-state index in [1.807, 2.05) is 24.3 Å². The molecule has 0 aliphatic carbocycles. The van der Waals surface area contributed by atoms with Gasteiger partial charge in [-0.25, -0.2) is 0 Å². The van der Waals surface area contributed by atoms with Crippen LogP contribution in [-0.4, -0.2) is 46.4 Å². The zero-order chi connectivity index (χ0) is 22.9. The van der Waals surface area contributed by atoms with Gasteiger partial charge in [0.2, 0.25) is 0 Å². The van der Waals surface area contributed by atoms with E-state index in [9.17, 15) is 9.90 Å². The van der Waals surface area contributed by atoms with Gasteiger partial charge in [-0.05, 0) is 56.5 Å². The number of H-pyrrole nitrogens is 2. The van der Waals surface area contributed by atoms with Crippen molar-refractivity contribution in [1.29, 1.82) is 0 Å². The molecule has 1 aromatic heterocycles. The Balaban J connectivity index is 0.00000306. The van der Waals surface area contributed by atoms with E-state index < -0.39 is 5.97 Å². The number of aromatic amines is 2. The van der Waals surface area contributed by atoms with E-state index in [-0.39, 0.29) is 42.0 Å². The number of hydrogen-bond donors (Lipinski definition) is 3. The second-order valence-electron chi connectivity index (χ2n) is 8.44. The number of anilines is 1. The van der Waals surface area contributed by atoms with Crippen LogP contribution in [-0.2, 0) is 4.79 Å². The van der Waals surface area contributed by atoms with E-state index in [0.29, 0.717) is 9.54 Å². The molecule has 0 saturated carbocycles. The zero-order valence-corrected chi connectivity index (χ0v) is 22.8. The van der Waals surface area contributed by atoms with Crippen LogP contribution in [0.2, 0.25) is 0 Å². The fourth-order valence-electron chi connectivity index (χ4n) is 4.82. The molecule has 1 saturated heterocycles. The fraction of sp³-hybridized carbons (Fsp3) is 0.348. The summed E-state index contributed by atoms with van der Waals surface area (Å²) in [6.07, 6.45) is 1.01. The number of carboxylic acids is 1. The van der Waals surface area contributed by atoms with Crippen molar-refractivity contribution in [2.75, 3.05) is 25.0 Å². The number of carboxylic acid groups (broad SMARTS) is 1. The molecular formula is C23H27N5NaO2S2+. The molecule has 3 aromatic rings. The van der Waals surface area contributed by atoms with E-state index in [1.54, 1.807) is 4.57 Å². The van der Waals surface area contributed by atoms with E-state index in [1.165, 1.54) is 16.8 Å². The molecule has 0 radical (unpaired) electrons. The first-order valence-corrected chi connectivity index (χ1v) is 11.5. The summed E-state index contributed by atoms with van der Waals surface area (Å²) in [6.45, 7) is 6.72. The Morgan fingerprint density at radius 2 is 1.79 bits per heavy atom. The Hall–Kier alpha value is -1.75. The molecule has 2 unspecified atom stereocenters. The first-order chi connectivity index (χ1) is 15.3. The first-order valence-electron chi connectivity index (χ1n) is 10.7. The molecule has 168 valence electrons. The molecule has 3 N–H and O–H groups in total. The predicted octanol–water partition coefficient (Wildman–Crippen LogP) is 0.545. The molecule has 2 heterocycles. The number of aliphatic carboxylic acids is 1. The van der Waals surface area contributed by atoms with E-state index in [2.05, 4.69) is 47.6 Å². The van der Waals surface area contributed by atoms with Crippen LogP contribution in [0.15, 0.2) is 42.5 Å². The summed E-state index contributed by atoms with van der Waals surface area (Å²) >= 11 is 10.6. The monoisotopic (exact) mass is 492 g/mol. The maximum atomic E-state index is 11.3. The van der Waals surface area contributed by atoms with Gasteiger partial charge in [0.15, 0.2) is 9.54 Å². The number of rotatable bonds is 9. The Kier molecular flexibility index (Phi) is 8.36. The second kappa shape index (κ2) is 10.7. The SMILES string of the molecule is Cc1cccc(C)c1[N+]1(CCCNc2cccc(-n3c(=S)[nH][nH]c3=S)c2)CC1CC(=O)[O-].[Na+]. The van der Waals surface area contributed by atoms with Crippen LogP contribution in [0.3, 0.4) is 0 Å². The number of benzene rings is 2. The van der Waals surface area contributed by atoms with E-state index in [0.717, 1.165) is 41.9 Å². The van der Waals surface area contributed by atoms with Gasteiger partial charge >= 0.3 is 29.6 Å². The Labute approximate surface area is 225 Å². The van der Waals surface area contributed by atoms with Crippen molar-refractivity contribution in [1.82, 2.24) is 19.2 Å². The van der Waals surface area contributed by atoms with Crippen molar-refractivity contribution in [2.45, 2.75) is 32.7 Å². The van der Waals surface area contributed by atoms with Crippen molar-refractivity contribution < 1.29 is 39.5 Å². The number of carbonyl (C=O) groups excluding carboxylic acids is 1. The third-order valence-electron chi connectivity index (χ3n) is 6.24. The van der Waals surface area contributed by atoms with E-state index in [4.69, 9.17) is 24.4 Å². The molecule has 4 rings (SSSR count). The number of carbonyl (C=O) groups is 1. The Bertz CT molecular complexity index is 1220. The van der Waals surface area contributed by atoms with Gasteiger partial charge in [-0.1, -0.05) is 24.3 Å². The summed E-state index contributed by atoms with van der Waals surface area (Å²) in [6, 6.07) is 14.3. The molecule has 0 bridgehead atoms. The number of nitrogens with zero attached hydrogens (tertiary/aromatic N) is 2. The maximum Gasteiger partial charge on any atom is 1.00 e. The molecule has 1 aliphatic rings. The van der Waals surface area contributed by atoms with Crippen LogP contribution in [0.1, 0.15) is 24.0 Å². The average molecular weight is 493 g/mol. The minimum absolute atomic E-state index is 0. The molecule has 10 heteroatoms. The van der Waals surface area contributed by atoms with Gasteiger partial charge in [0.1, 0.15) is 18.3 Å². The summed E-state index contributed by atoms with van der Waals surface area (Å²) in [4.78, 5) is 11.3. The molecule has 0 spiro atoms. The van der Waals surface area contributed by atoms with Gasteiger partial charge in [-0.2, -0.15) is 0 Å². The third-order valence-corrected chi connectivity index (χ3v) is 6.81. The molecule has 7 nitrogen and oxygen atoms in total. The standard InChI is InChI=1S/C23H27N5O2S2.Na/c1-15-6-3-7-16(2)21(15)28(14-19(28)13-20(29)30)11-5-10-24-17-8-4-9-18(12-17)27-22(31)25-26-23(27)32;/h3-4,6-9,12,19,24H,5,10-11,13-14H2,1-2H3,(H2-,25,26,29,30,31,32);/q;+1. The quantitative estimate of drug-likeness (QED) is 0.133.